The summed E-state index contributed by atoms with van der Waals surface area (Å²) in [4.78, 5) is 31.7. The van der Waals surface area contributed by atoms with Gasteiger partial charge in [0.05, 0.1) is 29.9 Å². The van der Waals surface area contributed by atoms with Gasteiger partial charge >= 0.3 is 6.09 Å². The van der Waals surface area contributed by atoms with Crippen LogP contribution in [0.5, 0.6) is 5.75 Å². The molecule has 0 atom stereocenters. The van der Waals surface area contributed by atoms with Crippen LogP contribution in [0.1, 0.15) is 20.8 Å². The quantitative estimate of drug-likeness (QED) is 0.446. The minimum atomic E-state index is -0.698. The van der Waals surface area contributed by atoms with Crippen LogP contribution < -0.4 is 9.64 Å². The first-order valence-corrected chi connectivity index (χ1v) is 11.5. The van der Waals surface area contributed by atoms with Crippen LogP contribution in [0.3, 0.4) is 0 Å². The highest BCUT2D eigenvalue weighted by Crippen LogP contribution is 2.41. The van der Waals surface area contributed by atoms with E-state index in [-0.39, 0.29) is 22.7 Å². The van der Waals surface area contributed by atoms with Crippen LogP contribution in [-0.2, 0) is 4.74 Å². The number of ether oxygens (including phenoxy) is 2. The Morgan fingerprint density at radius 2 is 1.81 bits per heavy atom. The lowest BCUT2D eigenvalue weighted by atomic mass is 9.99. The molecular weight excluding hydrogens is 470 g/mol. The Bertz CT molecular complexity index is 1460. The predicted octanol–water partition coefficient (Wildman–Crippen LogP) is 4.52. The van der Waals surface area contributed by atoms with Gasteiger partial charge in [-0.25, -0.2) is 28.5 Å². The number of halogens is 2. The fraction of sp³-hybridized carbons (Fsp3) is 0.360. The number of amides is 1. The number of aromatic nitrogens is 4. The molecule has 9 nitrogen and oxygen atoms in total. The van der Waals surface area contributed by atoms with Gasteiger partial charge in [-0.3, -0.25) is 0 Å². The number of rotatable bonds is 3. The highest BCUT2D eigenvalue weighted by Gasteiger charge is 2.29. The van der Waals surface area contributed by atoms with Crippen molar-refractivity contribution in [3.05, 3.63) is 42.5 Å². The van der Waals surface area contributed by atoms with Gasteiger partial charge in [0.1, 0.15) is 34.8 Å². The maximum Gasteiger partial charge on any atom is 0.410 e. The Balaban J connectivity index is 1.54. The summed E-state index contributed by atoms with van der Waals surface area (Å²) in [7, 11) is 1.46. The van der Waals surface area contributed by atoms with Gasteiger partial charge in [-0.05, 0) is 39.0 Å². The SMILES string of the molecule is COc1cc(-c2c(F)ccc3[nH]cnc23)c(F)c2ncnc(N3CCN(C(=O)OC(C)(C)C)CC3)c12. The average Bonchev–Trinajstić information content (AvgIpc) is 3.32. The summed E-state index contributed by atoms with van der Waals surface area (Å²) >= 11 is 0. The topological polar surface area (TPSA) is 96.5 Å². The number of methoxy groups -OCH3 is 1. The number of nitrogens with one attached hydrogen (secondary N) is 1. The van der Waals surface area contributed by atoms with Crippen molar-refractivity contribution in [3.63, 3.8) is 0 Å². The number of fused-ring (bicyclic) bond motifs is 2. The van der Waals surface area contributed by atoms with Crippen LogP contribution in [0.2, 0.25) is 0 Å². The van der Waals surface area contributed by atoms with E-state index in [1.54, 1.807) is 11.0 Å². The second-order valence-electron chi connectivity index (χ2n) is 9.54. The molecule has 2 aromatic heterocycles. The van der Waals surface area contributed by atoms with Gasteiger partial charge in [0.15, 0.2) is 5.82 Å². The van der Waals surface area contributed by atoms with Crippen molar-refractivity contribution in [1.82, 2.24) is 24.8 Å². The van der Waals surface area contributed by atoms with Gasteiger partial charge in [-0.1, -0.05) is 0 Å². The van der Waals surface area contributed by atoms with Crippen molar-refractivity contribution in [1.29, 1.82) is 0 Å². The smallest absolute Gasteiger partial charge is 0.410 e. The van der Waals surface area contributed by atoms with E-state index in [4.69, 9.17) is 9.47 Å². The zero-order chi connectivity index (χ0) is 25.6. The lowest BCUT2D eigenvalue weighted by Gasteiger charge is -2.36. The molecule has 0 bridgehead atoms. The van der Waals surface area contributed by atoms with Crippen LogP contribution >= 0.6 is 0 Å². The predicted molar refractivity (Wildman–Crippen MR) is 131 cm³/mol. The van der Waals surface area contributed by atoms with Crippen LogP contribution in [0.15, 0.2) is 30.9 Å². The first-order chi connectivity index (χ1) is 17.2. The molecule has 0 unspecified atom stereocenters. The van der Waals surface area contributed by atoms with Gasteiger partial charge < -0.3 is 24.3 Å². The van der Waals surface area contributed by atoms with Crippen molar-refractivity contribution in [2.75, 3.05) is 38.2 Å². The molecule has 1 amide bonds. The molecule has 11 heteroatoms. The van der Waals surface area contributed by atoms with E-state index in [1.807, 2.05) is 25.7 Å². The molecule has 0 aliphatic carbocycles. The monoisotopic (exact) mass is 496 g/mol. The number of benzene rings is 2. The number of piperazine rings is 1. The third-order valence-electron chi connectivity index (χ3n) is 6.05. The second-order valence-corrected chi connectivity index (χ2v) is 9.54. The lowest BCUT2D eigenvalue weighted by Crippen LogP contribution is -2.50. The molecule has 3 heterocycles. The third-order valence-corrected chi connectivity index (χ3v) is 6.05. The molecule has 0 saturated carbocycles. The molecule has 1 aliphatic heterocycles. The van der Waals surface area contributed by atoms with Crippen molar-refractivity contribution >= 4 is 33.8 Å². The standard InChI is InChI=1S/C25H26F2N6O3/c1-25(2,3)36-24(34)33-9-7-32(8-10-33)23-19-17(35-4)11-14(20(27)22(19)30-13-31-23)18-15(26)5-6-16-21(18)29-12-28-16/h5-6,11-13H,7-10H2,1-4H3,(H,28,29). The molecule has 0 spiro atoms. The minimum Gasteiger partial charge on any atom is -0.496 e. The molecule has 2 aromatic carbocycles. The van der Waals surface area contributed by atoms with Crippen LogP contribution in [-0.4, -0.2) is 69.8 Å². The van der Waals surface area contributed by atoms with Crippen LogP contribution in [0.25, 0.3) is 33.1 Å². The molecule has 4 aromatic rings. The molecule has 1 aliphatic rings. The summed E-state index contributed by atoms with van der Waals surface area (Å²) in [5.41, 5.74) is 0.334. The summed E-state index contributed by atoms with van der Waals surface area (Å²) in [6.45, 7) is 7.20. The van der Waals surface area contributed by atoms with Gasteiger partial charge in [-0.15, -0.1) is 0 Å². The van der Waals surface area contributed by atoms with Crippen molar-refractivity contribution in [2.24, 2.45) is 0 Å². The Kier molecular flexibility index (Phi) is 5.85. The largest absolute Gasteiger partial charge is 0.496 e. The number of hydrogen-bond acceptors (Lipinski definition) is 7. The first-order valence-electron chi connectivity index (χ1n) is 11.5. The van der Waals surface area contributed by atoms with Crippen molar-refractivity contribution in [2.45, 2.75) is 26.4 Å². The van der Waals surface area contributed by atoms with E-state index >= 15 is 4.39 Å². The van der Waals surface area contributed by atoms with E-state index in [9.17, 15) is 9.18 Å². The molecule has 5 rings (SSSR count). The summed E-state index contributed by atoms with van der Waals surface area (Å²) in [6, 6.07) is 4.27. The number of carbonyl (C=O) groups is 1. The van der Waals surface area contributed by atoms with Gasteiger partial charge in [0.25, 0.3) is 0 Å². The maximum atomic E-state index is 15.9. The minimum absolute atomic E-state index is 0.00561. The normalized spacial score (nSPS) is 14.5. The molecule has 1 fully saturated rings. The number of carbonyl (C=O) groups excluding carboxylic acids is 1. The summed E-state index contributed by atoms with van der Waals surface area (Å²) < 4.78 is 41.9. The Morgan fingerprint density at radius 3 is 2.50 bits per heavy atom. The molecule has 1 saturated heterocycles. The van der Waals surface area contributed by atoms with E-state index in [0.717, 1.165) is 0 Å². The van der Waals surface area contributed by atoms with Crippen molar-refractivity contribution in [3.8, 4) is 16.9 Å². The fourth-order valence-corrected chi connectivity index (χ4v) is 4.41. The van der Waals surface area contributed by atoms with Crippen LogP contribution in [0.4, 0.5) is 19.4 Å². The Morgan fingerprint density at radius 1 is 1.06 bits per heavy atom. The van der Waals surface area contributed by atoms with E-state index < -0.39 is 17.2 Å². The highest BCUT2D eigenvalue weighted by atomic mass is 19.1. The van der Waals surface area contributed by atoms with E-state index in [2.05, 4.69) is 19.9 Å². The Labute approximate surface area is 206 Å². The number of imidazole rings is 1. The number of H-pyrrole nitrogens is 1. The molecular formula is C25H26F2N6O3. The van der Waals surface area contributed by atoms with E-state index in [1.165, 1.54) is 31.9 Å². The summed E-state index contributed by atoms with van der Waals surface area (Å²) in [5, 5.41) is 0.376. The summed E-state index contributed by atoms with van der Waals surface area (Å²) in [6.07, 6.45) is 2.33. The number of hydrogen-bond donors (Lipinski definition) is 1. The van der Waals surface area contributed by atoms with Gasteiger partial charge in [-0.2, -0.15) is 0 Å². The van der Waals surface area contributed by atoms with Crippen molar-refractivity contribution < 1.29 is 23.0 Å². The lowest BCUT2D eigenvalue weighted by molar-refractivity contribution is 0.0240. The van der Waals surface area contributed by atoms with Gasteiger partial charge in [0.2, 0.25) is 0 Å². The zero-order valence-corrected chi connectivity index (χ0v) is 20.4. The average molecular weight is 497 g/mol. The highest BCUT2D eigenvalue weighted by molar-refractivity contribution is 6.01. The summed E-state index contributed by atoms with van der Waals surface area (Å²) in [5.74, 6) is -0.526. The number of aromatic amines is 1. The Hall–Kier alpha value is -4.02. The zero-order valence-electron chi connectivity index (χ0n) is 20.4. The second kappa shape index (κ2) is 8.89. The third kappa shape index (κ3) is 4.14. The molecule has 36 heavy (non-hydrogen) atoms. The molecule has 0 radical (unpaired) electrons. The van der Waals surface area contributed by atoms with Crippen LogP contribution in [0, 0.1) is 11.6 Å². The first kappa shape index (κ1) is 23.7. The molecule has 188 valence electrons. The molecule has 1 N–H and O–H groups in total. The fourth-order valence-electron chi connectivity index (χ4n) is 4.41. The number of anilines is 1. The number of nitrogens with zero attached hydrogens (tertiary/aromatic N) is 5. The van der Waals surface area contributed by atoms with Gasteiger partial charge in [0, 0.05) is 37.3 Å². The maximum absolute atomic E-state index is 15.9. The van der Waals surface area contributed by atoms with E-state index in [0.29, 0.717) is 54.2 Å².